The summed E-state index contributed by atoms with van der Waals surface area (Å²) < 4.78 is 1.10. The summed E-state index contributed by atoms with van der Waals surface area (Å²) in [6, 6.07) is 14.1. The number of anilines is 1. The Morgan fingerprint density at radius 2 is 1.84 bits per heavy atom. The Labute approximate surface area is 122 Å². The molecule has 2 nitrogen and oxygen atoms in total. The average Bonchev–Trinajstić information content (AvgIpc) is 2.36. The Morgan fingerprint density at radius 3 is 2.47 bits per heavy atom. The standard InChI is InChI=1S/C16H18BrNO/c1-11-9-15(19)7-8-16(11)18-12(2)10-13-3-5-14(17)6-4-13/h3-9,12,18-19H,10H2,1-2H3. The van der Waals surface area contributed by atoms with E-state index < -0.39 is 0 Å². The second-order valence-corrected chi connectivity index (χ2v) is 5.79. The predicted octanol–water partition coefficient (Wildman–Crippen LogP) is 4.51. The van der Waals surface area contributed by atoms with Crippen LogP contribution in [0.1, 0.15) is 18.1 Å². The molecular weight excluding hydrogens is 302 g/mol. The van der Waals surface area contributed by atoms with Crippen LogP contribution < -0.4 is 5.32 Å². The normalized spacial score (nSPS) is 12.2. The molecule has 0 saturated carbocycles. The van der Waals surface area contributed by atoms with Crippen LogP contribution in [0.15, 0.2) is 46.9 Å². The van der Waals surface area contributed by atoms with Gasteiger partial charge in [-0.3, -0.25) is 0 Å². The Hall–Kier alpha value is -1.48. The van der Waals surface area contributed by atoms with Crippen LogP contribution in [0.3, 0.4) is 0 Å². The number of hydrogen-bond donors (Lipinski definition) is 2. The second-order valence-electron chi connectivity index (χ2n) is 4.88. The highest BCUT2D eigenvalue weighted by Gasteiger charge is 2.06. The van der Waals surface area contributed by atoms with Crippen molar-refractivity contribution >= 4 is 21.6 Å². The van der Waals surface area contributed by atoms with E-state index in [-0.39, 0.29) is 0 Å². The second kappa shape index (κ2) is 6.11. The van der Waals surface area contributed by atoms with Crippen molar-refractivity contribution in [2.75, 3.05) is 5.32 Å². The van der Waals surface area contributed by atoms with Gasteiger partial charge in [0.05, 0.1) is 0 Å². The summed E-state index contributed by atoms with van der Waals surface area (Å²) >= 11 is 3.44. The van der Waals surface area contributed by atoms with Gasteiger partial charge in [-0.25, -0.2) is 0 Å². The minimum atomic E-state index is 0.309. The first kappa shape index (κ1) is 13.9. The van der Waals surface area contributed by atoms with Gasteiger partial charge >= 0.3 is 0 Å². The minimum absolute atomic E-state index is 0.309. The third-order valence-electron chi connectivity index (χ3n) is 3.07. The van der Waals surface area contributed by atoms with Crippen molar-refractivity contribution < 1.29 is 5.11 Å². The maximum Gasteiger partial charge on any atom is 0.115 e. The van der Waals surface area contributed by atoms with E-state index in [1.807, 2.05) is 13.0 Å². The van der Waals surface area contributed by atoms with E-state index in [0.717, 1.165) is 22.1 Å². The average molecular weight is 320 g/mol. The maximum atomic E-state index is 9.40. The summed E-state index contributed by atoms with van der Waals surface area (Å²) in [5.41, 5.74) is 3.43. The lowest BCUT2D eigenvalue weighted by Crippen LogP contribution is -2.18. The zero-order chi connectivity index (χ0) is 13.8. The molecule has 0 heterocycles. The molecule has 0 aliphatic heterocycles. The van der Waals surface area contributed by atoms with Crippen LogP contribution in [0.25, 0.3) is 0 Å². The number of rotatable bonds is 4. The van der Waals surface area contributed by atoms with Crippen molar-refractivity contribution in [3.05, 3.63) is 58.1 Å². The van der Waals surface area contributed by atoms with Crippen LogP contribution in [-0.2, 0) is 6.42 Å². The van der Waals surface area contributed by atoms with Crippen LogP contribution in [-0.4, -0.2) is 11.1 Å². The molecule has 0 aliphatic rings. The van der Waals surface area contributed by atoms with Gasteiger partial charge in [0.1, 0.15) is 5.75 Å². The minimum Gasteiger partial charge on any atom is -0.508 e. The summed E-state index contributed by atoms with van der Waals surface area (Å²) in [6.45, 7) is 4.16. The predicted molar refractivity (Wildman–Crippen MR) is 83.8 cm³/mol. The fourth-order valence-corrected chi connectivity index (χ4v) is 2.36. The topological polar surface area (TPSA) is 32.3 Å². The van der Waals surface area contributed by atoms with Gasteiger partial charge < -0.3 is 10.4 Å². The lowest BCUT2D eigenvalue weighted by Gasteiger charge is -2.17. The van der Waals surface area contributed by atoms with Crippen molar-refractivity contribution in [3.63, 3.8) is 0 Å². The van der Waals surface area contributed by atoms with Gasteiger partial charge in [0.2, 0.25) is 0 Å². The lowest BCUT2D eigenvalue weighted by atomic mass is 10.1. The molecule has 1 atom stereocenters. The number of nitrogens with one attached hydrogen (secondary N) is 1. The molecule has 2 aromatic rings. The third-order valence-corrected chi connectivity index (χ3v) is 3.60. The summed E-state index contributed by atoms with van der Waals surface area (Å²) in [7, 11) is 0. The SMILES string of the molecule is Cc1cc(O)ccc1NC(C)Cc1ccc(Br)cc1. The number of aromatic hydroxyl groups is 1. The smallest absolute Gasteiger partial charge is 0.115 e. The molecule has 2 N–H and O–H groups in total. The van der Waals surface area contributed by atoms with Crippen LogP contribution >= 0.6 is 15.9 Å². The fourth-order valence-electron chi connectivity index (χ4n) is 2.10. The number of phenols is 1. The molecule has 0 amide bonds. The summed E-state index contributed by atoms with van der Waals surface area (Å²) in [5.74, 6) is 0.309. The largest absolute Gasteiger partial charge is 0.508 e. The van der Waals surface area contributed by atoms with Gasteiger partial charge in [-0.2, -0.15) is 0 Å². The number of benzene rings is 2. The lowest BCUT2D eigenvalue weighted by molar-refractivity contribution is 0.475. The zero-order valence-corrected chi connectivity index (χ0v) is 12.7. The van der Waals surface area contributed by atoms with E-state index >= 15 is 0 Å². The molecule has 19 heavy (non-hydrogen) atoms. The number of halogens is 1. The molecule has 0 spiro atoms. The summed E-state index contributed by atoms with van der Waals surface area (Å²) in [4.78, 5) is 0. The van der Waals surface area contributed by atoms with Crippen molar-refractivity contribution in [1.29, 1.82) is 0 Å². The Bertz CT molecular complexity index is 551. The Balaban J connectivity index is 2.01. The van der Waals surface area contributed by atoms with Gasteiger partial charge in [0.25, 0.3) is 0 Å². The first-order valence-corrected chi connectivity index (χ1v) is 7.14. The molecule has 2 aromatic carbocycles. The quantitative estimate of drug-likeness (QED) is 0.813. The van der Waals surface area contributed by atoms with E-state index in [4.69, 9.17) is 0 Å². The summed E-state index contributed by atoms with van der Waals surface area (Å²) in [5, 5.41) is 12.9. The van der Waals surface area contributed by atoms with Crippen molar-refractivity contribution in [2.45, 2.75) is 26.3 Å². The maximum absolute atomic E-state index is 9.40. The van der Waals surface area contributed by atoms with E-state index in [0.29, 0.717) is 11.8 Å². The van der Waals surface area contributed by atoms with E-state index in [2.05, 4.69) is 52.4 Å². The molecule has 0 fully saturated rings. The molecular formula is C16H18BrNO. The highest BCUT2D eigenvalue weighted by Crippen LogP contribution is 2.21. The van der Waals surface area contributed by atoms with Crippen molar-refractivity contribution in [1.82, 2.24) is 0 Å². The van der Waals surface area contributed by atoms with Crippen LogP contribution in [0, 0.1) is 6.92 Å². The third kappa shape index (κ3) is 4.00. The highest BCUT2D eigenvalue weighted by molar-refractivity contribution is 9.10. The zero-order valence-electron chi connectivity index (χ0n) is 11.2. The van der Waals surface area contributed by atoms with Crippen LogP contribution in [0.2, 0.25) is 0 Å². The van der Waals surface area contributed by atoms with Gasteiger partial charge in [-0.1, -0.05) is 28.1 Å². The fraction of sp³-hybridized carbons (Fsp3) is 0.250. The molecule has 0 bridgehead atoms. The first-order chi connectivity index (χ1) is 9.04. The number of aryl methyl sites for hydroxylation is 1. The van der Waals surface area contributed by atoms with Gasteiger partial charge in [0, 0.05) is 16.2 Å². The molecule has 2 rings (SSSR count). The van der Waals surface area contributed by atoms with Crippen molar-refractivity contribution in [2.24, 2.45) is 0 Å². The van der Waals surface area contributed by atoms with Gasteiger partial charge in [-0.15, -0.1) is 0 Å². The highest BCUT2D eigenvalue weighted by atomic mass is 79.9. The first-order valence-electron chi connectivity index (χ1n) is 6.35. The Kier molecular flexibility index (Phi) is 4.48. The number of hydrogen-bond acceptors (Lipinski definition) is 2. The van der Waals surface area contributed by atoms with Crippen LogP contribution in [0.4, 0.5) is 5.69 Å². The molecule has 0 radical (unpaired) electrons. The molecule has 100 valence electrons. The van der Waals surface area contributed by atoms with E-state index in [1.54, 1.807) is 12.1 Å². The number of phenolic OH excluding ortho intramolecular Hbond substituents is 1. The monoisotopic (exact) mass is 319 g/mol. The molecule has 0 aromatic heterocycles. The molecule has 0 aliphatic carbocycles. The van der Waals surface area contributed by atoms with Gasteiger partial charge in [-0.05, 0) is 61.7 Å². The van der Waals surface area contributed by atoms with Gasteiger partial charge in [0.15, 0.2) is 0 Å². The van der Waals surface area contributed by atoms with E-state index in [1.165, 1.54) is 5.56 Å². The van der Waals surface area contributed by atoms with Crippen LogP contribution in [0.5, 0.6) is 5.75 Å². The summed E-state index contributed by atoms with van der Waals surface area (Å²) in [6.07, 6.45) is 0.966. The molecule has 1 unspecified atom stereocenters. The van der Waals surface area contributed by atoms with E-state index in [9.17, 15) is 5.11 Å². The molecule has 0 saturated heterocycles. The van der Waals surface area contributed by atoms with Crippen molar-refractivity contribution in [3.8, 4) is 5.75 Å². The molecule has 3 heteroatoms. The Morgan fingerprint density at radius 1 is 1.16 bits per heavy atom.